The molecule has 8 nitrogen and oxygen atoms in total. The molecule has 31 heavy (non-hydrogen) atoms. The van der Waals surface area contributed by atoms with Crippen LogP contribution in [0.1, 0.15) is 27.0 Å². The standard InChI is InChI=1S/C23H16N2O6/c1-31-22(29)14-6-9-15(10-7-14)25-21(28)18(20(27)24-23(25)30)12-17-16-5-3-2-4-13(16)8-11-19(17)26/h2-12,28H,1H3,(H,24,27,30). The molecule has 0 atom stereocenters. The van der Waals surface area contributed by atoms with E-state index in [2.05, 4.69) is 9.72 Å². The van der Waals surface area contributed by atoms with E-state index in [0.29, 0.717) is 5.56 Å². The van der Waals surface area contributed by atoms with Gasteiger partial charge in [0.15, 0.2) is 5.78 Å². The molecule has 154 valence electrons. The van der Waals surface area contributed by atoms with Gasteiger partial charge in [-0.2, -0.15) is 0 Å². The van der Waals surface area contributed by atoms with Gasteiger partial charge in [0, 0.05) is 5.57 Å². The average molecular weight is 416 g/mol. The number of nitrogens with one attached hydrogen (secondary N) is 1. The third kappa shape index (κ3) is 3.51. The predicted molar refractivity (Wildman–Crippen MR) is 114 cm³/mol. The van der Waals surface area contributed by atoms with Crippen molar-refractivity contribution in [1.29, 1.82) is 0 Å². The number of carbonyl (C=O) groups is 2. The molecule has 0 radical (unpaired) electrons. The normalized spacial score (nSPS) is 13.8. The lowest BCUT2D eigenvalue weighted by atomic mass is 9.90. The topological polar surface area (TPSA) is 118 Å². The Bertz CT molecular complexity index is 1390. The first-order chi connectivity index (χ1) is 14.9. The monoisotopic (exact) mass is 416 g/mol. The van der Waals surface area contributed by atoms with E-state index in [4.69, 9.17) is 0 Å². The maximum atomic E-state index is 12.5. The quantitative estimate of drug-likeness (QED) is 0.499. The van der Waals surface area contributed by atoms with Gasteiger partial charge in [0.2, 0.25) is 5.88 Å². The molecule has 0 aliphatic heterocycles. The molecule has 3 aromatic rings. The fraction of sp³-hybridized carbons (Fsp3) is 0.0435. The van der Waals surface area contributed by atoms with Gasteiger partial charge in [-0.25, -0.2) is 14.2 Å². The Morgan fingerprint density at radius 2 is 1.74 bits per heavy atom. The average Bonchev–Trinajstić information content (AvgIpc) is 2.77. The van der Waals surface area contributed by atoms with Crippen LogP contribution in [0.15, 0.2) is 64.2 Å². The van der Waals surface area contributed by atoms with E-state index >= 15 is 0 Å². The van der Waals surface area contributed by atoms with Gasteiger partial charge in [0.25, 0.3) is 5.56 Å². The number of hydrogen-bond donors (Lipinski definition) is 2. The van der Waals surface area contributed by atoms with Crippen molar-refractivity contribution >= 4 is 29.5 Å². The van der Waals surface area contributed by atoms with Gasteiger partial charge in [-0.05, 0) is 47.5 Å². The molecule has 0 bridgehead atoms. The number of ether oxygens (including phenoxy) is 1. The molecule has 1 heterocycles. The molecular formula is C23H16N2O6. The number of aromatic nitrogens is 2. The number of H-pyrrole nitrogens is 1. The summed E-state index contributed by atoms with van der Waals surface area (Å²) in [4.78, 5) is 51.1. The second-order valence-electron chi connectivity index (χ2n) is 6.71. The van der Waals surface area contributed by atoms with Crippen molar-refractivity contribution in [2.75, 3.05) is 7.11 Å². The Kier molecular flexibility index (Phi) is 4.96. The first-order valence-electron chi connectivity index (χ1n) is 9.21. The lowest BCUT2D eigenvalue weighted by Crippen LogP contribution is -2.30. The number of aromatic amines is 1. The zero-order chi connectivity index (χ0) is 22.1. The van der Waals surface area contributed by atoms with E-state index in [9.17, 15) is 24.3 Å². The van der Waals surface area contributed by atoms with E-state index in [1.54, 1.807) is 18.2 Å². The van der Waals surface area contributed by atoms with E-state index in [-0.39, 0.29) is 28.2 Å². The summed E-state index contributed by atoms with van der Waals surface area (Å²) in [6.45, 7) is 0. The largest absolute Gasteiger partial charge is 0.494 e. The van der Waals surface area contributed by atoms with Gasteiger partial charge in [-0.3, -0.25) is 14.6 Å². The molecule has 1 aliphatic carbocycles. The highest BCUT2D eigenvalue weighted by atomic mass is 16.5. The fourth-order valence-corrected chi connectivity index (χ4v) is 3.34. The number of esters is 1. The Labute approximate surface area is 175 Å². The number of rotatable bonds is 3. The number of nitrogens with zero attached hydrogens (tertiary/aromatic N) is 1. The van der Waals surface area contributed by atoms with Crippen molar-refractivity contribution in [3.63, 3.8) is 0 Å². The molecule has 0 fully saturated rings. The molecule has 2 N–H and O–H groups in total. The van der Waals surface area contributed by atoms with Crippen molar-refractivity contribution < 1.29 is 19.4 Å². The molecule has 0 spiro atoms. The van der Waals surface area contributed by atoms with Crippen LogP contribution in [-0.2, 0) is 9.53 Å². The Morgan fingerprint density at radius 1 is 1.03 bits per heavy atom. The minimum Gasteiger partial charge on any atom is -0.494 e. The molecule has 0 unspecified atom stereocenters. The number of allylic oxidation sites excluding steroid dienone is 2. The summed E-state index contributed by atoms with van der Waals surface area (Å²) in [5, 5.41) is 10.8. The van der Waals surface area contributed by atoms with E-state index < -0.39 is 23.1 Å². The molecule has 0 amide bonds. The van der Waals surface area contributed by atoms with Crippen LogP contribution in [0.4, 0.5) is 0 Å². The number of carbonyl (C=O) groups excluding carboxylic acids is 2. The Hall–Kier alpha value is -4.46. The minimum atomic E-state index is -0.870. The van der Waals surface area contributed by atoms with Crippen molar-refractivity contribution in [2.24, 2.45) is 0 Å². The number of benzene rings is 2. The van der Waals surface area contributed by atoms with Crippen molar-refractivity contribution in [3.8, 4) is 11.6 Å². The van der Waals surface area contributed by atoms with Crippen LogP contribution in [0.2, 0.25) is 0 Å². The zero-order valence-electron chi connectivity index (χ0n) is 16.3. The number of hydrogen-bond acceptors (Lipinski definition) is 6. The molecule has 1 aromatic heterocycles. The first kappa shape index (κ1) is 19.8. The van der Waals surface area contributed by atoms with Crippen molar-refractivity contribution in [1.82, 2.24) is 9.55 Å². The molecule has 1 aliphatic rings. The second-order valence-corrected chi connectivity index (χ2v) is 6.71. The van der Waals surface area contributed by atoms with Crippen LogP contribution in [0.25, 0.3) is 23.4 Å². The lowest BCUT2D eigenvalue weighted by molar-refractivity contribution is -0.109. The SMILES string of the molecule is COC(=O)c1ccc(-n2c(O)c(C=C3C(=O)C=Cc4ccccc43)c(=O)[nH]c2=O)cc1. The highest BCUT2D eigenvalue weighted by Crippen LogP contribution is 2.29. The third-order valence-electron chi connectivity index (χ3n) is 4.89. The number of aromatic hydroxyl groups is 1. The van der Waals surface area contributed by atoms with E-state index in [1.165, 1.54) is 43.5 Å². The maximum Gasteiger partial charge on any atom is 0.337 e. The van der Waals surface area contributed by atoms with Crippen LogP contribution in [0.3, 0.4) is 0 Å². The third-order valence-corrected chi connectivity index (χ3v) is 4.89. The molecule has 0 saturated heterocycles. The lowest BCUT2D eigenvalue weighted by Gasteiger charge is -2.14. The number of fused-ring (bicyclic) bond motifs is 1. The molecule has 8 heteroatoms. The molecule has 0 saturated carbocycles. The van der Waals surface area contributed by atoms with E-state index in [1.807, 2.05) is 12.1 Å². The first-order valence-corrected chi connectivity index (χ1v) is 9.21. The smallest absolute Gasteiger partial charge is 0.337 e. The summed E-state index contributed by atoms with van der Waals surface area (Å²) >= 11 is 0. The van der Waals surface area contributed by atoms with Crippen LogP contribution >= 0.6 is 0 Å². The van der Waals surface area contributed by atoms with Gasteiger partial charge in [-0.1, -0.05) is 30.3 Å². The zero-order valence-corrected chi connectivity index (χ0v) is 16.3. The Morgan fingerprint density at radius 3 is 2.45 bits per heavy atom. The van der Waals surface area contributed by atoms with Gasteiger partial charge >= 0.3 is 11.7 Å². The summed E-state index contributed by atoms with van der Waals surface area (Å²) < 4.78 is 5.52. The fourth-order valence-electron chi connectivity index (χ4n) is 3.34. The summed E-state index contributed by atoms with van der Waals surface area (Å²) in [6.07, 6.45) is 4.31. The summed E-state index contributed by atoms with van der Waals surface area (Å²) in [6, 6.07) is 12.8. The van der Waals surface area contributed by atoms with Gasteiger partial charge < -0.3 is 9.84 Å². The van der Waals surface area contributed by atoms with Crippen LogP contribution < -0.4 is 11.2 Å². The van der Waals surface area contributed by atoms with Gasteiger partial charge in [0.1, 0.15) is 5.56 Å². The van der Waals surface area contributed by atoms with E-state index in [0.717, 1.165) is 10.1 Å². The number of ketones is 1. The highest BCUT2D eigenvalue weighted by Gasteiger charge is 2.20. The number of methoxy groups -OCH3 is 1. The van der Waals surface area contributed by atoms with Gasteiger partial charge in [0.05, 0.1) is 18.4 Å². The predicted octanol–water partition coefficient (Wildman–Crippen LogP) is 2.15. The van der Waals surface area contributed by atoms with Crippen LogP contribution in [0.5, 0.6) is 5.88 Å². The molecular weight excluding hydrogens is 400 g/mol. The molecule has 4 rings (SSSR count). The van der Waals surface area contributed by atoms with Crippen molar-refractivity contribution in [3.05, 3.63) is 97.7 Å². The highest BCUT2D eigenvalue weighted by molar-refractivity contribution is 6.33. The second kappa shape index (κ2) is 7.75. The summed E-state index contributed by atoms with van der Waals surface area (Å²) in [7, 11) is 1.24. The maximum absolute atomic E-state index is 12.5. The van der Waals surface area contributed by atoms with Crippen LogP contribution in [0, 0.1) is 0 Å². The van der Waals surface area contributed by atoms with Crippen molar-refractivity contribution in [2.45, 2.75) is 0 Å². The minimum absolute atomic E-state index is 0.210. The molecule has 2 aromatic carbocycles. The summed E-state index contributed by atoms with van der Waals surface area (Å²) in [5.41, 5.74) is 0.117. The van der Waals surface area contributed by atoms with Gasteiger partial charge in [-0.15, -0.1) is 0 Å². The summed E-state index contributed by atoms with van der Waals surface area (Å²) in [5.74, 6) is -1.53. The van der Waals surface area contributed by atoms with Crippen LogP contribution in [-0.4, -0.2) is 33.5 Å². The Balaban J connectivity index is 1.88.